The number of hydrogen-bond donors (Lipinski definition) is 1. The molecule has 0 aromatic heterocycles. The molecule has 1 fully saturated rings. The molecule has 0 bridgehead atoms. The van der Waals surface area contributed by atoms with Crippen LogP contribution in [-0.2, 0) is 4.74 Å². The number of carbonyl (C=O) groups excluding carboxylic acids is 1. The number of nitrogens with zero attached hydrogens (tertiary/aromatic N) is 2. The zero-order valence-electron chi connectivity index (χ0n) is 14.5. The van der Waals surface area contributed by atoms with Crippen LogP contribution in [0.15, 0.2) is 18.2 Å². The highest BCUT2D eigenvalue weighted by Crippen LogP contribution is 2.21. The van der Waals surface area contributed by atoms with Crippen molar-refractivity contribution >= 4 is 11.7 Å². The molecule has 0 saturated carbocycles. The fourth-order valence-electron chi connectivity index (χ4n) is 2.79. The minimum atomic E-state index is -0.0764. The molecule has 6 nitrogen and oxygen atoms in total. The van der Waals surface area contributed by atoms with E-state index in [4.69, 9.17) is 9.47 Å². The number of nitrogens with one attached hydrogen (secondary N) is 1. The number of urea groups is 1. The predicted octanol–water partition coefficient (Wildman–Crippen LogP) is 2.05. The molecule has 1 aromatic carbocycles. The molecule has 128 valence electrons. The Morgan fingerprint density at radius 2 is 2.26 bits per heavy atom. The topological polar surface area (TPSA) is 54.0 Å². The van der Waals surface area contributed by atoms with Crippen molar-refractivity contribution in [3.05, 3.63) is 23.8 Å². The third-order valence-electron chi connectivity index (χ3n) is 3.92. The molecule has 1 N–H and O–H groups in total. The largest absolute Gasteiger partial charge is 0.497 e. The second-order valence-electron chi connectivity index (χ2n) is 6.26. The van der Waals surface area contributed by atoms with Crippen LogP contribution in [0.25, 0.3) is 0 Å². The first-order valence-electron chi connectivity index (χ1n) is 7.92. The van der Waals surface area contributed by atoms with Crippen molar-refractivity contribution in [3.63, 3.8) is 0 Å². The SMILES string of the molecule is COc1ccc(NC(=O)N2CCOCC(CN(C)C)C2)c(C)c1. The lowest BCUT2D eigenvalue weighted by atomic mass is 10.1. The summed E-state index contributed by atoms with van der Waals surface area (Å²) in [5.41, 5.74) is 1.79. The fourth-order valence-corrected chi connectivity index (χ4v) is 2.79. The summed E-state index contributed by atoms with van der Waals surface area (Å²) in [5.74, 6) is 1.12. The normalized spacial score (nSPS) is 18.7. The maximum Gasteiger partial charge on any atom is 0.321 e. The van der Waals surface area contributed by atoms with Gasteiger partial charge in [0.1, 0.15) is 5.75 Å². The van der Waals surface area contributed by atoms with Crippen LogP contribution in [0.4, 0.5) is 10.5 Å². The van der Waals surface area contributed by atoms with Gasteiger partial charge in [0.25, 0.3) is 0 Å². The average molecular weight is 321 g/mol. The van der Waals surface area contributed by atoms with Crippen molar-refractivity contribution in [2.24, 2.45) is 5.92 Å². The minimum absolute atomic E-state index is 0.0764. The first-order chi connectivity index (χ1) is 11.0. The van der Waals surface area contributed by atoms with Gasteiger partial charge in [-0.3, -0.25) is 0 Å². The highest BCUT2D eigenvalue weighted by molar-refractivity contribution is 5.90. The lowest BCUT2D eigenvalue weighted by molar-refractivity contribution is 0.112. The van der Waals surface area contributed by atoms with Crippen LogP contribution < -0.4 is 10.1 Å². The number of ether oxygens (including phenoxy) is 2. The number of amides is 2. The van der Waals surface area contributed by atoms with Gasteiger partial charge in [-0.05, 0) is 44.8 Å². The third kappa shape index (κ3) is 5.11. The van der Waals surface area contributed by atoms with E-state index < -0.39 is 0 Å². The number of methoxy groups -OCH3 is 1. The van der Waals surface area contributed by atoms with Crippen molar-refractivity contribution in [1.29, 1.82) is 0 Å². The quantitative estimate of drug-likeness (QED) is 0.922. The standard InChI is InChI=1S/C17H27N3O3/c1-13-9-15(22-4)5-6-16(13)18-17(21)20-7-8-23-12-14(11-20)10-19(2)3/h5-6,9,14H,7-8,10-12H2,1-4H3,(H,18,21). The van der Waals surface area contributed by atoms with Crippen molar-refractivity contribution in [2.45, 2.75) is 6.92 Å². The van der Waals surface area contributed by atoms with Crippen LogP contribution in [0.5, 0.6) is 5.75 Å². The first kappa shape index (κ1) is 17.6. The molecule has 1 aromatic rings. The molecular weight excluding hydrogens is 294 g/mol. The Kier molecular flexibility index (Phi) is 6.24. The molecule has 1 unspecified atom stereocenters. The summed E-state index contributed by atoms with van der Waals surface area (Å²) in [6, 6.07) is 5.56. The smallest absolute Gasteiger partial charge is 0.321 e. The summed E-state index contributed by atoms with van der Waals surface area (Å²) < 4.78 is 10.8. The Morgan fingerprint density at radius 3 is 2.91 bits per heavy atom. The van der Waals surface area contributed by atoms with Crippen molar-refractivity contribution in [1.82, 2.24) is 9.80 Å². The van der Waals surface area contributed by atoms with E-state index in [0.29, 0.717) is 32.2 Å². The number of rotatable bonds is 4. The zero-order chi connectivity index (χ0) is 16.8. The summed E-state index contributed by atoms with van der Waals surface area (Å²) in [6.07, 6.45) is 0. The molecule has 1 aliphatic heterocycles. The number of carbonyl (C=O) groups is 1. The summed E-state index contributed by atoms with van der Waals surface area (Å²) >= 11 is 0. The highest BCUT2D eigenvalue weighted by Gasteiger charge is 2.23. The highest BCUT2D eigenvalue weighted by atomic mass is 16.5. The van der Waals surface area contributed by atoms with Crippen LogP contribution >= 0.6 is 0 Å². The first-order valence-corrected chi connectivity index (χ1v) is 7.92. The van der Waals surface area contributed by atoms with Gasteiger partial charge in [-0.25, -0.2) is 4.79 Å². The molecule has 1 heterocycles. The predicted molar refractivity (Wildman–Crippen MR) is 91.2 cm³/mol. The van der Waals surface area contributed by atoms with Crippen LogP contribution in [0.2, 0.25) is 0 Å². The Hall–Kier alpha value is -1.79. The van der Waals surface area contributed by atoms with Gasteiger partial charge < -0.3 is 24.6 Å². The molecule has 6 heteroatoms. The van der Waals surface area contributed by atoms with E-state index in [9.17, 15) is 4.79 Å². The molecule has 0 aliphatic carbocycles. The molecule has 0 spiro atoms. The van der Waals surface area contributed by atoms with Gasteiger partial charge in [0.2, 0.25) is 0 Å². The zero-order valence-corrected chi connectivity index (χ0v) is 14.5. The number of aryl methyl sites for hydroxylation is 1. The molecule has 23 heavy (non-hydrogen) atoms. The number of anilines is 1. The molecule has 2 amide bonds. The fraction of sp³-hybridized carbons (Fsp3) is 0.588. The van der Waals surface area contributed by atoms with Crippen molar-refractivity contribution in [2.75, 3.05) is 59.4 Å². The average Bonchev–Trinajstić information content (AvgIpc) is 2.74. The molecule has 0 radical (unpaired) electrons. The van der Waals surface area contributed by atoms with E-state index in [1.54, 1.807) is 7.11 Å². The number of hydrogen-bond acceptors (Lipinski definition) is 4. The van der Waals surface area contributed by atoms with Crippen molar-refractivity contribution < 1.29 is 14.3 Å². The van der Waals surface area contributed by atoms with Gasteiger partial charge in [-0.1, -0.05) is 0 Å². The molecule has 1 saturated heterocycles. The van der Waals surface area contributed by atoms with Gasteiger partial charge in [0.05, 0.1) is 20.3 Å². The Labute approximate surface area is 138 Å². The maximum absolute atomic E-state index is 12.6. The Bertz CT molecular complexity index is 534. The minimum Gasteiger partial charge on any atom is -0.497 e. The molecule has 1 atom stereocenters. The van der Waals surface area contributed by atoms with E-state index in [-0.39, 0.29) is 6.03 Å². The van der Waals surface area contributed by atoms with Crippen LogP contribution in [-0.4, -0.2) is 69.9 Å². The van der Waals surface area contributed by atoms with Crippen LogP contribution in [0.1, 0.15) is 5.56 Å². The maximum atomic E-state index is 12.6. The van der Waals surface area contributed by atoms with E-state index in [2.05, 4.69) is 10.2 Å². The van der Waals surface area contributed by atoms with E-state index in [1.165, 1.54) is 0 Å². The summed E-state index contributed by atoms with van der Waals surface area (Å²) in [6.45, 7) is 5.47. The monoisotopic (exact) mass is 321 g/mol. The Morgan fingerprint density at radius 1 is 1.48 bits per heavy atom. The summed E-state index contributed by atoms with van der Waals surface area (Å²) in [4.78, 5) is 16.5. The van der Waals surface area contributed by atoms with E-state index >= 15 is 0 Å². The van der Waals surface area contributed by atoms with Crippen molar-refractivity contribution in [3.8, 4) is 5.75 Å². The van der Waals surface area contributed by atoms with Gasteiger partial charge in [-0.15, -0.1) is 0 Å². The van der Waals surface area contributed by atoms with Gasteiger partial charge in [-0.2, -0.15) is 0 Å². The Balaban J connectivity index is 2.01. The lowest BCUT2D eigenvalue weighted by Gasteiger charge is -2.26. The van der Waals surface area contributed by atoms with E-state index in [0.717, 1.165) is 23.5 Å². The second-order valence-corrected chi connectivity index (χ2v) is 6.26. The van der Waals surface area contributed by atoms with Crippen LogP contribution in [0, 0.1) is 12.8 Å². The lowest BCUT2D eigenvalue weighted by Crippen LogP contribution is -2.41. The second kappa shape index (κ2) is 8.17. The third-order valence-corrected chi connectivity index (χ3v) is 3.92. The summed E-state index contributed by atoms with van der Waals surface area (Å²) in [5, 5.41) is 3.00. The molecular formula is C17H27N3O3. The van der Waals surface area contributed by atoms with Gasteiger partial charge in [0.15, 0.2) is 0 Å². The van der Waals surface area contributed by atoms with Crippen LogP contribution in [0.3, 0.4) is 0 Å². The van der Waals surface area contributed by atoms with Gasteiger partial charge in [0, 0.05) is 31.2 Å². The summed E-state index contributed by atoms with van der Waals surface area (Å²) in [7, 11) is 5.71. The van der Waals surface area contributed by atoms with E-state index in [1.807, 2.05) is 44.1 Å². The number of benzene rings is 1. The van der Waals surface area contributed by atoms with Gasteiger partial charge >= 0.3 is 6.03 Å². The molecule has 2 rings (SSSR count). The molecule has 1 aliphatic rings.